The first-order valence-corrected chi connectivity index (χ1v) is 9.48. The summed E-state index contributed by atoms with van der Waals surface area (Å²) in [6.07, 6.45) is -0.938. The number of rotatable bonds is 7. The second kappa shape index (κ2) is 9.14. The Morgan fingerprint density at radius 1 is 1.00 bits per heavy atom. The van der Waals surface area contributed by atoms with Gasteiger partial charge in [0.05, 0.1) is 11.4 Å². The number of hydrogen-bond acceptors (Lipinski definition) is 5. The van der Waals surface area contributed by atoms with E-state index in [0.717, 1.165) is 11.3 Å². The number of ether oxygens (including phenoxy) is 1. The Kier molecular flexibility index (Phi) is 6.39. The van der Waals surface area contributed by atoms with Gasteiger partial charge in [-0.3, -0.25) is 4.79 Å². The van der Waals surface area contributed by atoms with Crippen molar-refractivity contribution in [2.75, 3.05) is 6.54 Å². The molecule has 29 heavy (non-hydrogen) atoms. The SMILES string of the molecule is Cc1nn(-c2ccccc2)nc1C(=O)OC(C)C(=O)NCC(C)c1ccccc1. The Hall–Kier alpha value is -3.48. The fraction of sp³-hybridized carbons (Fsp3) is 0.273. The van der Waals surface area contributed by atoms with Crippen molar-refractivity contribution >= 4 is 11.9 Å². The molecule has 0 bridgehead atoms. The van der Waals surface area contributed by atoms with E-state index in [1.807, 2.05) is 67.6 Å². The molecule has 0 radical (unpaired) electrons. The average molecular weight is 392 g/mol. The zero-order valence-electron chi connectivity index (χ0n) is 16.7. The summed E-state index contributed by atoms with van der Waals surface area (Å²) < 4.78 is 5.30. The van der Waals surface area contributed by atoms with E-state index < -0.39 is 12.1 Å². The lowest BCUT2D eigenvalue weighted by Crippen LogP contribution is -2.37. The first-order valence-electron chi connectivity index (χ1n) is 9.48. The molecule has 7 heteroatoms. The lowest BCUT2D eigenvalue weighted by atomic mass is 10.0. The van der Waals surface area contributed by atoms with E-state index in [1.54, 1.807) is 6.92 Å². The van der Waals surface area contributed by atoms with Crippen LogP contribution in [0.15, 0.2) is 60.7 Å². The van der Waals surface area contributed by atoms with E-state index in [2.05, 4.69) is 15.5 Å². The fourth-order valence-electron chi connectivity index (χ4n) is 2.81. The van der Waals surface area contributed by atoms with Crippen molar-refractivity contribution in [3.05, 3.63) is 77.6 Å². The molecule has 150 valence electrons. The number of nitrogens with one attached hydrogen (secondary N) is 1. The maximum absolute atomic E-state index is 12.5. The number of benzene rings is 2. The number of carbonyl (C=O) groups excluding carboxylic acids is 2. The van der Waals surface area contributed by atoms with Gasteiger partial charge in [0.2, 0.25) is 0 Å². The number of para-hydroxylation sites is 1. The molecule has 0 saturated heterocycles. The van der Waals surface area contributed by atoms with E-state index in [0.29, 0.717) is 12.2 Å². The summed E-state index contributed by atoms with van der Waals surface area (Å²) in [5, 5.41) is 11.3. The highest BCUT2D eigenvalue weighted by Crippen LogP contribution is 2.14. The van der Waals surface area contributed by atoms with Crippen LogP contribution in [-0.4, -0.2) is 39.5 Å². The Bertz CT molecular complexity index is 970. The largest absolute Gasteiger partial charge is 0.448 e. The fourth-order valence-corrected chi connectivity index (χ4v) is 2.81. The van der Waals surface area contributed by atoms with Gasteiger partial charge >= 0.3 is 5.97 Å². The predicted octanol–water partition coefficient (Wildman–Crippen LogP) is 3.04. The van der Waals surface area contributed by atoms with Crippen LogP contribution in [-0.2, 0) is 9.53 Å². The van der Waals surface area contributed by atoms with Crippen molar-refractivity contribution in [1.82, 2.24) is 20.3 Å². The molecule has 7 nitrogen and oxygen atoms in total. The molecule has 2 aromatic carbocycles. The molecule has 1 heterocycles. The van der Waals surface area contributed by atoms with Gasteiger partial charge in [-0.25, -0.2) is 4.79 Å². The first kappa shape index (κ1) is 20.3. The molecule has 2 unspecified atom stereocenters. The highest BCUT2D eigenvalue weighted by molar-refractivity contribution is 5.91. The van der Waals surface area contributed by atoms with Crippen molar-refractivity contribution < 1.29 is 14.3 Å². The lowest BCUT2D eigenvalue weighted by molar-refractivity contribution is -0.129. The quantitative estimate of drug-likeness (QED) is 0.625. The minimum atomic E-state index is -0.938. The molecule has 0 spiro atoms. The van der Waals surface area contributed by atoms with Crippen molar-refractivity contribution in [3.8, 4) is 5.69 Å². The number of esters is 1. The van der Waals surface area contributed by atoms with Gasteiger partial charge in [0.25, 0.3) is 5.91 Å². The summed E-state index contributed by atoms with van der Waals surface area (Å²) in [5.41, 5.74) is 2.39. The topological polar surface area (TPSA) is 86.1 Å². The van der Waals surface area contributed by atoms with Crippen LogP contribution >= 0.6 is 0 Å². The van der Waals surface area contributed by atoms with Gasteiger partial charge in [-0.1, -0.05) is 55.5 Å². The van der Waals surface area contributed by atoms with Gasteiger partial charge in [-0.15, -0.1) is 5.10 Å². The normalized spacial score (nSPS) is 12.8. The van der Waals surface area contributed by atoms with Crippen LogP contribution in [0.1, 0.15) is 41.5 Å². The second-order valence-electron chi connectivity index (χ2n) is 6.86. The molecule has 0 saturated carbocycles. The van der Waals surface area contributed by atoms with Crippen LogP contribution < -0.4 is 5.32 Å². The van der Waals surface area contributed by atoms with Crippen LogP contribution in [0.3, 0.4) is 0 Å². The van der Waals surface area contributed by atoms with Gasteiger partial charge in [0.1, 0.15) is 0 Å². The van der Waals surface area contributed by atoms with Crippen molar-refractivity contribution in [1.29, 1.82) is 0 Å². The number of aromatic nitrogens is 3. The smallest absolute Gasteiger partial charge is 0.361 e. The van der Waals surface area contributed by atoms with Crippen LogP contribution in [0.5, 0.6) is 0 Å². The first-order chi connectivity index (χ1) is 14.0. The lowest BCUT2D eigenvalue weighted by Gasteiger charge is -2.16. The molecule has 0 fully saturated rings. The Morgan fingerprint density at radius 2 is 1.62 bits per heavy atom. The standard InChI is InChI=1S/C22H24N4O3/c1-15(18-10-6-4-7-11-18)14-23-21(27)17(3)29-22(28)20-16(2)24-26(25-20)19-12-8-5-9-13-19/h4-13,15,17H,14H2,1-3H3,(H,23,27). The minimum absolute atomic E-state index is 0.0890. The van der Waals surface area contributed by atoms with E-state index >= 15 is 0 Å². The summed E-state index contributed by atoms with van der Waals surface area (Å²) in [6.45, 7) is 5.69. The molecular formula is C22H24N4O3. The van der Waals surface area contributed by atoms with E-state index in [4.69, 9.17) is 4.74 Å². The Morgan fingerprint density at radius 3 is 2.28 bits per heavy atom. The predicted molar refractivity (Wildman–Crippen MR) is 109 cm³/mol. The van der Waals surface area contributed by atoms with Gasteiger partial charge < -0.3 is 10.1 Å². The summed E-state index contributed by atoms with van der Waals surface area (Å²) in [4.78, 5) is 26.2. The van der Waals surface area contributed by atoms with Gasteiger partial charge in [0, 0.05) is 6.54 Å². The monoisotopic (exact) mass is 392 g/mol. The van der Waals surface area contributed by atoms with Crippen molar-refractivity contribution in [2.24, 2.45) is 0 Å². The summed E-state index contributed by atoms with van der Waals surface area (Å²) in [5.74, 6) is -0.881. The molecule has 1 aromatic heterocycles. The van der Waals surface area contributed by atoms with Gasteiger partial charge in [-0.05, 0) is 37.5 Å². The summed E-state index contributed by atoms with van der Waals surface area (Å²) in [7, 11) is 0. The Balaban J connectivity index is 1.57. The number of nitrogens with zero attached hydrogens (tertiary/aromatic N) is 3. The third-order valence-corrected chi connectivity index (χ3v) is 4.57. The summed E-state index contributed by atoms with van der Waals surface area (Å²) >= 11 is 0. The third kappa shape index (κ3) is 5.07. The van der Waals surface area contributed by atoms with E-state index in [1.165, 1.54) is 11.7 Å². The van der Waals surface area contributed by atoms with E-state index in [-0.39, 0.29) is 17.5 Å². The number of hydrogen-bond donors (Lipinski definition) is 1. The Labute approximate surface area is 169 Å². The molecular weight excluding hydrogens is 368 g/mol. The molecule has 0 aliphatic rings. The molecule has 3 aromatic rings. The molecule has 0 aliphatic carbocycles. The van der Waals surface area contributed by atoms with Gasteiger partial charge in [0.15, 0.2) is 11.8 Å². The molecule has 0 aliphatic heterocycles. The molecule has 3 rings (SSSR count). The zero-order chi connectivity index (χ0) is 20.8. The highest BCUT2D eigenvalue weighted by atomic mass is 16.5. The van der Waals surface area contributed by atoms with Crippen molar-refractivity contribution in [3.63, 3.8) is 0 Å². The van der Waals surface area contributed by atoms with E-state index in [9.17, 15) is 9.59 Å². The maximum Gasteiger partial charge on any atom is 0.361 e. The van der Waals surface area contributed by atoms with Crippen molar-refractivity contribution in [2.45, 2.75) is 32.8 Å². The molecule has 2 atom stereocenters. The molecule has 1 amide bonds. The van der Waals surface area contributed by atoms with Gasteiger partial charge in [-0.2, -0.15) is 9.90 Å². The number of amides is 1. The zero-order valence-corrected chi connectivity index (χ0v) is 16.7. The van der Waals surface area contributed by atoms with Crippen LogP contribution in [0.25, 0.3) is 5.69 Å². The third-order valence-electron chi connectivity index (χ3n) is 4.57. The van der Waals surface area contributed by atoms with Crippen LogP contribution in [0, 0.1) is 6.92 Å². The van der Waals surface area contributed by atoms with Crippen LogP contribution in [0.4, 0.5) is 0 Å². The second-order valence-corrected chi connectivity index (χ2v) is 6.86. The average Bonchev–Trinajstić information content (AvgIpc) is 3.14. The minimum Gasteiger partial charge on any atom is -0.448 e. The van der Waals surface area contributed by atoms with Crippen LogP contribution in [0.2, 0.25) is 0 Å². The highest BCUT2D eigenvalue weighted by Gasteiger charge is 2.23. The molecule has 1 N–H and O–H groups in total. The summed E-state index contributed by atoms with van der Waals surface area (Å²) in [6, 6.07) is 19.2. The maximum atomic E-state index is 12.5. The number of carbonyl (C=O) groups is 2. The number of aryl methyl sites for hydroxylation is 1.